The van der Waals surface area contributed by atoms with Crippen LogP contribution in [0.1, 0.15) is 37.8 Å². The van der Waals surface area contributed by atoms with Crippen molar-refractivity contribution < 1.29 is 4.84 Å². The molecule has 2 rings (SSSR count). The van der Waals surface area contributed by atoms with Crippen LogP contribution in [0.5, 0.6) is 5.75 Å². The van der Waals surface area contributed by atoms with Crippen LogP contribution in [0.25, 0.3) is 0 Å². The van der Waals surface area contributed by atoms with Gasteiger partial charge in [0.1, 0.15) is 0 Å². The van der Waals surface area contributed by atoms with Gasteiger partial charge in [-0.05, 0) is 48.7 Å². The smallest absolute Gasteiger partial charge is 0.158 e. The van der Waals surface area contributed by atoms with Gasteiger partial charge in [-0.2, -0.15) is 0 Å². The molecule has 2 N–H and O–H groups in total. The third-order valence-corrected chi connectivity index (χ3v) is 3.63. The Bertz CT molecular complexity index is 651. The lowest BCUT2D eigenvalue weighted by Crippen LogP contribution is -2.06. The zero-order valence-corrected chi connectivity index (χ0v) is 13.7. The molecule has 0 unspecified atom stereocenters. The zero-order valence-electron chi connectivity index (χ0n) is 13.0. The predicted molar refractivity (Wildman–Crippen MR) is 93.8 cm³/mol. The summed E-state index contributed by atoms with van der Waals surface area (Å²) in [5, 5.41) is 4.91. The van der Waals surface area contributed by atoms with E-state index in [4.69, 9.17) is 22.2 Å². The molecule has 0 atom stereocenters. The standard InChI is InChI=1S/C18H21ClN2O/c1-3-5-13-6-11-16(17(20)12-13)18(4-2)21-22-15-9-7-14(19)8-10-15/h6-12H,3-5,20H2,1-2H3/b21-18+. The SMILES string of the molecule is CCCc1ccc(/C(CC)=N/Oc2ccc(Cl)cc2)c(N)c1. The Morgan fingerprint density at radius 2 is 1.86 bits per heavy atom. The van der Waals surface area contributed by atoms with Crippen molar-refractivity contribution in [3.8, 4) is 5.75 Å². The summed E-state index contributed by atoms with van der Waals surface area (Å²) in [6, 6.07) is 13.3. The van der Waals surface area contributed by atoms with Crippen molar-refractivity contribution in [3.63, 3.8) is 0 Å². The van der Waals surface area contributed by atoms with E-state index in [1.165, 1.54) is 5.56 Å². The van der Waals surface area contributed by atoms with Crippen molar-refractivity contribution in [1.29, 1.82) is 0 Å². The summed E-state index contributed by atoms with van der Waals surface area (Å²) in [5.41, 5.74) is 9.91. The highest BCUT2D eigenvalue weighted by Gasteiger charge is 2.08. The average Bonchev–Trinajstić information content (AvgIpc) is 2.51. The molecule has 0 aromatic heterocycles. The summed E-state index contributed by atoms with van der Waals surface area (Å²) < 4.78 is 0. The minimum absolute atomic E-state index is 0.650. The number of anilines is 1. The van der Waals surface area contributed by atoms with Gasteiger partial charge in [-0.1, -0.05) is 49.2 Å². The highest BCUT2D eigenvalue weighted by molar-refractivity contribution is 6.30. The van der Waals surface area contributed by atoms with Crippen LogP contribution in [0.3, 0.4) is 0 Å². The summed E-state index contributed by atoms with van der Waals surface area (Å²) in [6.45, 7) is 4.19. The molecule has 3 nitrogen and oxygen atoms in total. The van der Waals surface area contributed by atoms with Gasteiger partial charge in [-0.25, -0.2) is 0 Å². The molecule has 2 aromatic carbocycles. The number of aryl methyl sites for hydroxylation is 1. The molecule has 0 saturated carbocycles. The fourth-order valence-corrected chi connectivity index (χ4v) is 2.35. The fraction of sp³-hybridized carbons (Fsp3) is 0.278. The lowest BCUT2D eigenvalue weighted by molar-refractivity contribution is 0.340. The first-order valence-corrected chi connectivity index (χ1v) is 7.90. The van der Waals surface area contributed by atoms with Crippen LogP contribution in [0.4, 0.5) is 5.69 Å². The van der Waals surface area contributed by atoms with E-state index in [-0.39, 0.29) is 0 Å². The number of halogens is 1. The van der Waals surface area contributed by atoms with E-state index in [2.05, 4.69) is 18.1 Å². The Morgan fingerprint density at radius 1 is 1.14 bits per heavy atom. The van der Waals surface area contributed by atoms with E-state index in [9.17, 15) is 0 Å². The Morgan fingerprint density at radius 3 is 2.45 bits per heavy atom. The molecular weight excluding hydrogens is 296 g/mol. The van der Waals surface area contributed by atoms with Crippen LogP contribution in [-0.4, -0.2) is 5.71 Å². The minimum atomic E-state index is 0.650. The van der Waals surface area contributed by atoms with Gasteiger partial charge in [0.15, 0.2) is 5.75 Å². The molecule has 4 heteroatoms. The largest absolute Gasteiger partial charge is 0.398 e. The second-order valence-corrected chi connectivity index (χ2v) is 5.54. The van der Waals surface area contributed by atoms with Crippen molar-refractivity contribution in [2.75, 3.05) is 5.73 Å². The number of benzene rings is 2. The summed E-state index contributed by atoms with van der Waals surface area (Å²) >= 11 is 5.85. The van der Waals surface area contributed by atoms with Gasteiger partial charge in [0.2, 0.25) is 0 Å². The molecule has 22 heavy (non-hydrogen) atoms. The topological polar surface area (TPSA) is 47.6 Å². The van der Waals surface area contributed by atoms with Crippen molar-refractivity contribution in [1.82, 2.24) is 0 Å². The second-order valence-electron chi connectivity index (χ2n) is 5.11. The Labute approximate surface area is 136 Å². The number of nitrogen functional groups attached to an aromatic ring is 1. The van der Waals surface area contributed by atoms with Crippen molar-refractivity contribution in [3.05, 3.63) is 58.6 Å². The number of oxime groups is 1. The van der Waals surface area contributed by atoms with E-state index in [1.54, 1.807) is 24.3 Å². The number of nitrogens with two attached hydrogens (primary N) is 1. The molecule has 0 amide bonds. The van der Waals surface area contributed by atoms with Crippen LogP contribution in [0, 0.1) is 0 Å². The number of hydrogen-bond acceptors (Lipinski definition) is 3. The first kappa shape index (κ1) is 16.4. The summed E-state index contributed by atoms with van der Waals surface area (Å²) in [6.07, 6.45) is 2.88. The van der Waals surface area contributed by atoms with Crippen LogP contribution in [0.2, 0.25) is 5.02 Å². The van der Waals surface area contributed by atoms with E-state index in [1.807, 2.05) is 19.1 Å². The summed E-state index contributed by atoms with van der Waals surface area (Å²) in [4.78, 5) is 5.47. The molecule has 2 aromatic rings. The highest BCUT2D eigenvalue weighted by Crippen LogP contribution is 2.20. The number of hydrogen-bond donors (Lipinski definition) is 1. The monoisotopic (exact) mass is 316 g/mol. The van der Waals surface area contributed by atoms with Gasteiger partial charge >= 0.3 is 0 Å². The van der Waals surface area contributed by atoms with Crippen molar-refractivity contribution in [2.24, 2.45) is 5.16 Å². The van der Waals surface area contributed by atoms with Gasteiger partial charge in [-0.3, -0.25) is 0 Å². The van der Waals surface area contributed by atoms with Crippen molar-refractivity contribution in [2.45, 2.75) is 33.1 Å². The molecule has 0 aliphatic heterocycles. The first-order chi connectivity index (χ1) is 10.6. The third-order valence-electron chi connectivity index (χ3n) is 3.38. The maximum Gasteiger partial charge on any atom is 0.158 e. The van der Waals surface area contributed by atoms with Gasteiger partial charge in [0, 0.05) is 16.3 Å². The Hall–Kier alpha value is -2.00. The lowest BCUT2D eigenvalue weighted by atomic mass is 10.0. The molecule has 0 fully saturated rings. The third kappa shape index (κ3) is 4.25. The van der Waals surface area contributed by atoms with Crippen LogP contribution >= 0.6 is 11.6 Å². The number of nitrogens with zero attached hydrogens (tertiary/aromatic N) is 1. The molecule has 116 valence electrons. The first-order valence-electron chi connectivity index (χ1n) is 7.52. The maximum absolute atomic E-state index is 6.16. The van der Waals surface area contributed by atoms with Gasteiger partial charge in [-0.15, -0.1) is 0 Å². The van der Waals surface area contributed by atoms with Crippen molar-refractivity contribution >= 4 is 23.0 Å². The molecule has 0 aliphatic carbocycles. The van der Waals surface area contributed by atoms with Crippen LogP contribution in [-0.2, 0) is 6.42 Å². The molecule has 0 bridgehead atoms. The fourth-order valence-electron chi connectivity index (χ4n) is 2.23. The van der Waals surface area contributed by atoms with E-state index in [0.717, 1.165) is 36.2 Å². The van der Waals surface area contributed by atoms with E-state index < -0.39 is 0 Å². The van der Waals surface area contributed by atoms with Crippen LogP contribution < -0.4 is 10.6 Å². The average molecular weight is 317 g/mol. The molecular formula is C18H21ClN2O. The van der Waals surface area contributed by atoms with Gasteiger partial charge < -0.3 is 10.6 Å². The quantitative estimate of drug-likeness (QED) is 0.459. The van der Waals surface area contributed by atoms with Gasteiger partial charge in [0.25, 0.3) is 0 Å². The Kier molecular flexibility index (Phi) is 5.84. The van der Waals surface area contributed by atoms with E-state index in [0.29, 0.717) is 10.8 Å². The lowest BCUT2D eigenvalue weighted by Gasteiger charge is -2.09. The summed E-state index contributed by atoms with van der Waals surface area (Å²) in [7, 11) is 0. The predicted octanol–water partition coefficient (Wildman–Crippen LogP) is 5.07. The molecule has 0 radical (unpaired) electrons. The van der Waals surface area contributed by atoms with Gasteiger partial charge in [0.05, 0.1) is 5.71 Å². The summed E-state index contributed by atoms with van der Waals surface area (Å²) in [5.74, 6) is 0.650. The normalized spacial score (nSPS) is 11.5. The molecule has 0 heterocycles. The second kappa shape index (κ2) is 7.85. The molecule has 0 spiro atoms. The Balaban J connectivity index is 2.20. The highest BCUT2D eigenvalue weighted by atomic mass is 35.5. The minimum Gasteiger partial charge on any atom is -0.398 e. The van der Waals surface area contributed by atoms with E-state index >= 15 is 0 Å². The van der Waals surface area contributed by atoms with Crippen LogP contribution in [0.15, 0.2) is 47.6 Å². The number of rotatable bonds is 6. The zero-order chi connectivity index (χ0) is 15.9. The molecule has 0 aliphatic rings. The molecule has 0 saturated heterocycles. The maximum atomic E-state index is 6.16.